The van der Waals surface area contributed by atoms with E-state index >= 15 is 0 Å². The molecule has 0 aliphatic heterocycles. The fraction of sp³-hybridized carbons (Fsp3) is 0.538. The fourth-order valence-corrected chi connectivity index (χ4v) is 2.19. The first-order valence-corrected chi connectivity index (χ1v) is 9.10. The zero-order valence-electron chi connectivity index (χ0n) is 10.7. The fourth-order valence-electron chi connectivity index (χ4n) is 1.18. The van der Waals surface area contributed by atoms with Crippen LogP contribution in [0.3, 0.4) is 0 Å². The molecule has 0 heterocycles. The molecule has 1 aromatic carbocycles. The first-order valence-electron chi connectivity index (χ1n) is 5.52. The summed E-state index contributed by atoms with van der Waals surface area (Å²) in [7, 11) is -0.328. The molecule has 16 heavy (non-hydrogen) atoms. The molecule has 0 spiro atoms. The maximum Gasteiger partial charge on any atom is 0.122 e. The predicted molar refractivity (Wildman–Crippen MR) is 80.9 cm³/mol. The molecule has 1 rings (SSSR count). The van der Waals surface area contributed by atoms with E-state index in [9.17, 15) is 0 Å². The topological polar surface area (TPSA) is 9.23 Å². The van der Waals surface area contributed by atoms with E-state index < -0.39 is 0 Å². The smallest absolute Gasteiger partial charge is 0.122 e. The molecule has 0 atom stereocenters. The van der Waals surface area contributed by atoms with E-state index in [4.69, 9.17) is 4.74 Å². The third-order valence-corrected chi connectivity index (χ3v) is 6.60. The molecule has 0 N–H and O–H groups in total. The highest BCUT2D eigenvalue weighted by Crippen LogP contribution is 2.30. The number of aryl methyl sites for hydroxylation is 1. The van der Waals surface area contributed by atoms with Crippen LogP contribution in [0.15, 0.2) is 18.2 Å². The monoisotopic (exact) mass is 347 g/mol. The van der Waals surface area contributed by atoms with Crippen LogP contribution in [-0.4, -0.2) is 15.4 Å². The van der Waals surface area contributed by atoms with Gasteiger partial charge < -0.3 is 4.74 Å². The van der Waals surface area contributed by atoms with Crippen molar-refractivity contribution in [2.24, 2.45) is 0 Å². The second-order valence-corrected chi connectivity index (χ2v) is 9.68. The minimum Gasteiger partial charge on any atom is -0.493 e. The Morgan fingerprint density at radius 2 is 1.94 bits per heavy atom. The molecule has 0 bridgehead atoms. The second kappa shape index (κ2) is 5.54. The highest BCUT2D eigenvalue weighted by Gasteiger charge is 2.24. The zero-order valence-corrected chi connectivity index (χ0v) is 13.9. The van der Waals surface area contributed by atoms with Crippen molar-refractivity contribution in [3.63, 3.8) is 0 Å². The van der Waals surface area contributed by atoms with Gasteiger partial charge in [-0.15, -0.1) is 0 Å². The molecule has 0 saturated heterocycles. The van der Waals surface area contributed by atoms with Gasteiger partial charge in [-0.1, -0.05) is 26.9 Å². The summed E-state index contributed by atoms with van der Waals surface area (Å²) < 4.78 is 7.20. The van der Waals surface area contributed by atoms with Gasteiger partial charge in [0.25, 0.3) is 0 Å². The van der Waals surface area contributed by atoms with Gasteiger partial charge in [0.15, 0.2) is 0 Å². The summed E-state index contributed by atoms with van der Waals surface area (Å²) in [5.74, 6) is 1.02. The van der Waals surface area contributed by atoms with Crippen LogP contribution >= 0.6 is 22.6 Å². The van der Waals surface area contributed by atoms with E-state index in [0.29, 0.717) is 5.04 Å². The quantitative estimate of drug-likeness (QED) is 0.575. The van der Waals surface area contributed by atoms with Crippen molar-refractivity contribution < 1.29 is 4.74 Å². The number of hydrogen-bond donors (Lipinski definition) is 0. The summed E-state index contributed by atoms with van der Waals surface area (Å²) in [6.45, 7) is 12.2. The number of rotatable bonds is 4. The molecular weight excluding hydrogens is 327 g/mol. The largest absolute Gasteiger partial charge is 0.493 e. The molecule has 0 aromatic heterocycles. The van der Waals surface area contributed by atoms with Gasteiger partial charge in [-0.25, -0.2) is 0 Å². The van der Waals surface area contributed by atoms with Crippen molar-refractivity contribution in [2.75, 3.05) is 6.61 Å². The third kappa shape index (κ3) is 3.77. The molecule has 0 saturated carbocycles. The van der Waals surface area contributed by atoms with Crippen molar-refractivity contribution >= 4 is 31.4 Å². The van der Waals surface area contributed by atoms with Crippen LogP contribution in [0.5, 0.6) is 5.75 Å². The maximum absolute atomic E-state index is 5.94. The minimum atomic E-state index is -0.328. The van der Waals surface area contributed by atoms with E-state index in [1.807, 2.05) is 0 Å². The molecule has 0 fully saturated rings. The van der Waals surface area contributed by atoms with Gasteiger partial charge in [0, 0.05) is 3.57 Å². The Kier molecular flexibility index (Phi) is 4.85. The van der Waals surface area contributed by atoms with Crippen LogP contribution in [0.25, 0.3) is 0 Å². The van der Waals surface area contributed by atoms with Gasteiger partial charge in [0.2, 0.25) is 0 Å². The van der Waals surface area contributed by atoms with Gasteiger partial charge in [0.1, 0.15) is 5.75 Å². The lowest BCUT2D eigenvalue weighted by atomic mass is 10.2. The molecule has 3 heteroatoms. The predicted octanol–water partition coefficient (Wildman–Crippen LogP) is 4.51. The lowest BCUT2D eigenvalue weighted by molar-refractivity contribution is 0.274. The number of benzene rings is 1. The average Bonchev–Trinajstić information content (AvgIpc) is 2.16. The molecule has 89 valence electrons. The maximum atomic E-state index is 5.94. The summed E-state index contributed by atoms with van der Waals surface area (Å²) in [6.07, 6.45) is 0. The van der Waals surface area contributed by atoms with Crippen LogP contribution in [0, 0.1) is 10.5 Å². The molecular formula is C13H20IOSi. The Morgan fingerprint density at radius 3 is 2.44 bits per heavy atom. The summed E-state index contributed by atoms with van der Waals surface area (Å²) in [4.78, 5) is 0. The Labute approximate surface area is 114 Å². The first kappa shape index (κ1) is 14.0. The Morgan fingerprint density at radius 1 is 1.31 bits per heavy atom. The van der Waals surface area contributed by atoms with E-state index in [2.05, 4.69) is 74.7 Å². The van der Waals surface area contributed by atoms with Crippen LogP contribution in [0.2, 0.25) is 18.1 Å². The molecule has 1 aromatic rings. The summed E-state index contributed by atoms with van der Waals surface area (Å²) in [5.41, 5.74) is 1.23. The van der Waals surface area contributed by atoms with Crippen molar-refractivity contribution in [1.82, 2.24) is 0 Å². The summed E-state index contributed by atoms with van der Waals surface area (Å²) >= 11 is 2.33. The number of ether oxygens (including phenoxy) is 1. The van der Waals surface area contributed by atoms with Crippen LogP contribution in [0.1, 0.15) is 19.4 Å². The summed E-state index contributed by atoms with van der Waals surface area (Å²) in [6, 6.07) is 6.33. The van der Waals surface area contributed by atoms with Gasteiger partial charge >= 0.3 is 0 Å². The average molecular weight is 347 g/mol. The highest BCUT2D eigenvalue weighted by molar-refractivity contribution is 14.1. The van der Waals surface area contributed by atoms with Gasteiger partial charge in [-0.05, 0) is 58.3 Å². The Balaban J connectivity index is 2.68. The number of hydrogen-bond acceptors (Lipinski definition) is 1. The second-order valence-electron chi connectivity index (χ2n) is 5.08. The Bertz CT molecular complexity index is 361. The van der Waals surface area contributed by atoms with Crippen LogP contribution in [-0.2, 0) is 0 Å². The molecule has 0 amide bonds. The standard InChI is InChI=1S/C13H20IOSi/c1-10-8-11(14)6-7-12(10)15-9-13(2,3)16(4)5/h6-8H,9H2,1-5H3. The van der Waals surface area contributed by atoms with Crippen LogP contribution in [0.4, 0.5) is 0 Å². The van der Waals surface area contributed by atoms with Crippen molar-refractivity contribution in [2.45, 2.75) is 38.9 Å². The van der Waals surface area contributed by atoms with Crippen molar-refractivity contribution in [1.29, 1.82) is 0 Å². The van der Waals surface area contributed by atoms with Crippen LogP contribution < -0.4 is 4.74 Å². The van der Waals surface area contributed by atoms with Gasteiger partial charge in [-0.2, -0.15) is 0 Å². The lowest BCUT2D eigenvalue weighted by Crippen LogP contribution is -2.27. The molecule has 0 aliphatic rings. The molecule has 1 radical (unpaired) electrons. The van der Waals surface area contributed by atoms with E-state index in [0.717, 1.165) is 12.4 Å². The zero-order chi connectivity index (χ0) is 12.3. The van der Waals surface area contributed by atoms with Gasteiger partial charge in [0.05, 0.1) is 15.4 Å². The van der Waals surface area contributed by atoms with Crippen molar-refractivity contribution in [3.8, 4) is 5.75 Å². The van der Waals surface area contributed by atoms with E-state index in [1.54, 1.807) is 0 Å². The summed E-state index contributed by atoms with van der Waals surface area (Å²) in [5, 5.41) is 0.320. The molecule has 1 nitrogen and oxygen atoms in total. The highest BCUT2D eigenvalue weighted by atomic mass is 127. The normalized spacial score (nSPS) is 11.9. The van der Waals surface area contributed by atoms with E-state index in [1.165, 1.54) is 9.13 Å². The third-order valence-electron chi connectivity index (χ3n) is 3.08. The van der Waals surface area contributed by atoms with Gasteiger partial charge in [-0.3, -0.25) is 0 Å². The minimum absolute atomic E-state index is 0.320. The lowest BCUT2D eigenvalue weighted by Gasteiger charge is -2.28. The first-order chi connectivity index (χ1) is 7.33. The Hall–Kier alpha value is -0.0331. The molecule has 0 aliphatic carbocycles. The van der Waals surface area contributed by atoms with Crippen molar-refractivity contribution in [3.05, 3.63) is 27.3 Å². The van der Waals surface area contributed by atoms with E-state index in [-0.39, 0.29) is 8.80 Å². The molecule has 0 unspecified atom stereocenters. The SMILES string of the molecule is Cc1cc(I)ccc1OCC(C)(C)[Si](C)C. The number of halogens is 1.